The van der Waals surface area contributed by atoms with E-state index in [9.17, 15) is 9.18 Å². The minimum atomic E-state index is -0.899. The SMILES string of the molecule is COC1(C(=O)c2ccc(Cl)cc2F)CCC(C)(C)CC1. The van der Waals surface area contributed by atoms with Crippen molar-refractivity contribution < 1.29 is 13.9 Å². The van der Waals surface area contributed by atoms with Crippen molar-refractivity contribution in [1.29, 1.82) is 0 Å². The van der Waals surface area contributed by atoms with Crippen LogP contribution in [0.5, 0.6) is 0 Å². The summed E-state index contributed by atoms with van der Waals surface area (Å²) in [5, 5.41) is 0.287. The number of methoxy groups -OCH3 is 1. The van der Waals surface area contributed by atoms with E-state index >= 15 is 0 Å². The van der Waals surface area contributed by atoms with Gasteiger partial charge in [0.25, 0.3) is 0 Å². The normalized spacial score (nSPS) is 20.6. The van der Waals surface area contributed by atoms with Gasteiger partial charge in [-0.1, -0.05) is 25.4 Å². The first-order valence-electron chi connectivity index (χ1n) is 6.85. The first kappa shape index (κ1) is 15.5. The number of Topliss-reactive ketones (excluding diaryl/α,β-unsaturated/α-hetero) is 1. The average molecular weight is 299 g/mol. The Morgan fingerprint density at radius 2 is 1.85 bits per heavy atom. The molecule has 0 aliphatic heterocycles. The molecular formula is C16H20ClFO2. The number of hydrogen-bond acceptors (Lipinski definition) is 2. The predicted octanol–water partition coefficient (Wildman–Crippen LogP) is 4.65. The van der Waals surface area contributed by atoms with Crippen LogP contribution in [0, 0.1) is 11.2 Å². The molecule has 0 aromatic heterocycles. The molecule has 0 atom stereocenters. The molecule has 0 radical (unpaired) electrons. The van der Waals surface area contributed by atoms with Crippen LogP contribution >= 0.6 is 11.6 Å². The van der Waals surface area contributed by atoms with Gasteiger partial charge in [0.1, 0.15) is 11.4 Å². The van der Waals surface area contributed by atoms with E-state index in [0.29, 0.717) is 12.8 Å². The van der Waals surface area contributed by atoms with E-state index in [2.05, 4.69) is 13.8 Å². The van der Waals surface area contributed by atoms with E-state index in [1.165, 1.54) is 25.3 Å². The van der Waals surface area contributed by atoms with Gasteiger partial charge >= 0.3 is 0 Å². The number of carbonyl (C=O) groups is 1. The fourth-order valence-electron chi connectivity index (χ4n) is 2.77. The van der Waals surface area contributed by atoms with Crippen LogP contribution in [0.3, 0.4) is 0 Å². The maximum Gasteiger partial charge on any atom is 0.197 e. The van der Waals surface area contributed by atoms with E-state index in [1.807, 2.05) is 0 Å². The highest BCUT2D eigenvalue weighted by Gasteiger charge is 2.45. The Morgan fingerprint density at radius 1 is 1.25 bits per heavy atom. The summed E-state index contributed by atoms with van der Waals surface area (Å²) in [6, 6.07) is 4.15. The summed E-state index contributed by atoms with van der Waals surface area (Å²) < 4.78 is 19.5. The second-order valence-corrected chi connectivity index (χ2v) is 6.75. The van der Waals surface area contributed by atoms with Crippen molar-refractivity contribution >= 4 is 17.4 Å². The lowest BCUT2D eigenvalue weighted by Gasteiger charge is -2.41. The Labute approximate surface area is 124 Å². The monoisotopic (exact) mass is 298 g/mol. The molecule has 0 saturated heterocycles. The molecule has 110 valence electrons. The molecule has 0 unspecified atom stereocenters. The molecule has 2 nitrogen and oxygen atoms in total. The van der Waals surface area contributed by atoms with Crippen LogP contribution in [0.25, 0.3) is 0 Å². The Balaban J connectivity index is 2.30. The van der Waals surface area contributed by atoms with Gasteiger partial charge in [-0.25, -0.2) is 4.39 Å². The number of halogens is 2. The van der Waals surface area contributed by atoms with Gasteiger partial charge in [-0.3, -0.25) is 4.79 Å². The summed E-state index contributed by atoms with van der Waals surface area (Å²) in [6.45, 7) is 4.36. The van der Waals surface area contributed by atoms with Gasteiger partial charge in [-0.15, -0.1) is 0 Å². The summed E-state index contributed by atoms with van der Waals surface area (Å²) in [7, 11) is 1.53. The van der Waals surface area contributed by atoms with E-state index in [4.69, 9.17) is 16.3 Å². The lowest BCUT2D eigenvalue weighted by Crippen LogP contribution is -2.46. The van der Waals surface area contributed by atoms with Gasteiger partial charge in [-0.05, 0) is 49.3 Å². The first-order chi connectivity index (χ1) is 9.30. The fraction of sp³-hybridized carbons (Fsp3) is 0.562. The lowest BCUT2D eigenvalue weighted by atomic mass is 9.68. The van der Waals surface area contributed by atoms with Crippen molar-refractivity contribution in [3.63, 3.8) is 0 Å². The summed E-state index contributed by atoms with van der Waals surface area (Å²) in [4.78, 5) is 12.7. The summed E-state index contributed by atoms with van der Waals surface area (Å²) in [6.07, 6.45) is 3.03. The van der Waals surface area contributed by atoms with Crippen molar-refractivity contribution in [2.24, 2.45) is 5.41 Å². The number of ether oxygens (including phenoxy) is 1. The summed E-state index contributed by atoms with van der Waals surface area (Å²) in [5.74, 6) is -0.853. The van der Waals surface area contributed by atoms with Crippen molar-refractivity contribution in [2.45, 2.75) is 45.1 Å². The van der Waals surface area contributed by atoms with E-state index in [-0.39, 0.29) is 21.8 Å². The Morgan fingerprint density at radius 3 is 2.35 bits per heavy atom. The third kappa shape index (κ3) is 2.89. The lowest BCUT2D eigenvalue weighted by molar-refractivity contribution is -0.0385. The molecule has 0 N–H and O–H groups in total. The Kier molecular flexibility index (Phi) is 4.22. The van der Waals surface area contributed by atoms with E-state index in [1.54, 1.807) is 0 Å². The highest BCUT2D eigenvalue weighted by atomic mass is 35.5. The second kappa shape index (κ2) is 5.45. The third-order valence-corrected chi connectivity index (χ3v) is 4.63. The third-order valence-electron chi connectivity index (χ3n) is 4.39. The zero-order chi connectivity index (χ0) is 15.0. The average Bonchev–Trinajstić information content (AvgIpc) is 2.39. The number of benzene rings is 1. The van der Waals surface area contributed by atoms with Crippen LogP contribution < -0.4 is 0 Å². The summed E-state index contributed by atoms with van der Waals surface area (Å²) >= 11 is 5.73. The molecule has 1 aromatic rings. The van der Waals surface area contributed by atoms with Gasteiger partial charge < -0.3 is 4.74 Å². The molecule has 0 spiro atoms. The maximum atomic E-state index is 14.0. The van der Waals surface area contributed by atoms with E-state index < -0.39 is 11.4 Å². The molecule has 0 amide bonds. The van der Waals surface area contributed by atoms with Gasteiger partial charge in [0.15, 0.2) is 5.78 Å². The molecule has 0 heterocycles. The first-order valence-corrected chi connectivity index (χ1v) is 7.22. The van der Waals surface area contributed by atoms with Gasteiger partial charge in [0.2, 0.25) is 0 Å². The molecule has 20 heavy (non-hydrogen) atoms. The predicted molar refractivity (Wildman–Crippen MR) is 77.7 cm³/mol. The van der Waals surface area contributed by atoms with Crippen molar-refractivity contribution in [3.05, 3.63) is 34.6 Å². The van der Waals surface area contributed by atoms with E-state index in [0.717, 1.165) is 12.8 Å². The van der Waals surface area contributed by atoms with Crippen LogP contribution in [-0.2, 0) is 4.74 Å². The highest BCUT2D eigenvalue weighted by Crippen LogP contribution is 2.43. The number of rotatable bonds is 3. The maximum absolute atomic E-state index is 14.0. The fourth-order valence-corrected chi connectivity index (χ4v) is 2.93. The zero-order valence-electron chi connectivity index (χ0n) is 12.1. The second-order valence-electron chi connectivity index (χ2n) is 6.32. The minimum Gasteiger partial charge on any atom is -0.370 e. The van der Waals surface area contributed by atoms with Gasteiger partial charge in [0.05, 0.1) is 5.56 Å². The molecular weight excluding hydrogens is 279 g/mol. The smallest absolute Gasteiger partial charge is 0.197 e. The number of carbonyl (C=O) groups excluding carboxylic acids is 1. The molecule has 1 aliphatic rings. The molecule has 1 aliphatic carbocycles. The van der Waals surface area contributed by atoms with Crippen LogP contribution in [-0.4, -0.2) is 18.5 Å². The molecule has 0 bridgehead atoms. The van der Waals surface area contributed by atoms with Crippen LogP contribution in [0.1, 0.15) is 49.9 Å². The standard InChI is InChI=1S/C16H20ClFO2/c1-15(2)6-8-16(20-3,9-7-15)14(19)12-5-4-11(17)10-13(12)18/h4-5,10H,6-9H2,1-3H3. The number of ketones is 1. The van der Waals surface area contributed by atoms with Crippen LogP contribution in [0.2, 0.25) is 5.02 Å². The van der Waals surface area contributed by atoms with Crippen LogP contribution in [0.4, 0.5) is 4.39 Å². The van der Waals surface area contributed by atoms with Crippen molar-refractivity contribution in [3.8, 4) is 0 Å². The summed E-state index contributed by atoms with van der Waals surface area (Å²) in [5.41, 5.74) is -0.624. The number of hydrogen-bond donors (Lipinski definition) is 0. The molecule has 1 aromatic carbocycles. The molecule has 1 fully saturated rings. The Bertz CT molecular complexity index is 515. The molecule has 1 saturated carbocycles. The molecule has 4 heteroatoms. The zero-order valence-corrected chi connectivity index (χ0v) is 12.9. The van der Waals surface area contributed by atoms with Gasteiger partial charge in [0, 0.05) is 12.1 Å². The topological polar surface area (TPSA) is 26.3 Å². The van der Waals surface area contributed by atoms with Gasteiger partial charge in [-0.2, -0.15) is 0 Å². The van der Waals surface area contributed by atoms with Crippen molar-refractivity contribution in [2.75, 3.05) is 7.11 Å². The Hall–Kier alpha value is -0.930. The van der Waals surface area contributed by atoms with Crippen LogP contribution in [0.15, 0.2) is 18.2 Å². The van der Waals surface area contributed by atoms with Crippen molar-refractivity contribution in [1.82, 2.24) is 0 Å². The largest absolute Gasteiger partial charge is 0.370 e. The minimum absolute atomic E-state index is 0.0657. The highest BCUT2D eigenvalue weighted by molar-refractivity contribution is 6.30. The molecule has 2 rings (SSSR count). The quantitative estimate of drug-likeness (QED) is 0.759.